The molecule has 1 aromatic heterocycles. The molecule has 0 bridgehead atoms. The van der Waals surface area contributed by atoms with Gasteiger partial charge >= 0.3 is 0 Å². The Morgan fingerprint density at radius 2 is 1.76 bits per heavy atom. The molecule has 8 nitrogen and oxygen atoms in total. The number of hydrogen-bond donors (Lipinski definition) is 1. The van der Waals surface area contributed by atoms with Crippen molar-refractivity contribution in [2.45, 2.75) is 13.5 Å². The van der Waals surface area contributed by atoms with Crippen molar-refractivity contribution in [3.05, 3.63) is 83.8 Å². The molecule has 0 aliphatic carbocycles. The predicted molar refractivity (Wildman–Crippen MR) is 124 cm³/mol. The fourth-order valence-electron chi connectivity index (χ4n) is 3.11. The number of nitrogens with one attached hydrogen (secondary N) is 1. The molecule has 3 amide bonds. The summed E-state index contributed by atoms with van der Waals surface area (Å²) in [5, 5.41) is 2.72. The van der Waals surface area contributed by atoms with Crippen molar-refractivity contribution in [2.24, 2.45) is 0 Å². The molecule has 0 fully saturated rings. The van der Waals surface area contributed by atoms with Crippen molar-refractivity contribution in [1.29, 1.82) is 0 Å². The number of carbonyl (C=O) groups is 3. The molecule has 0 saturated carbocycles. The van der Waals surface area contributed by atoms with E-state index in [1.165, 1.54) is 11.2 Å². The van der Waals surface area contributed by atoms with E-state index in [4.69, 9.17) is 9.15 Å². The third kappa shape index (κ3) is 6.46. The van der Waals surface area contributed by atoms with Gasteiger partial charge in [-0.1, -0.05) is 18.2 Å². The molecule has 33 heavy (non-hydrogen) atoms. The van der Waals surface area contributed by atoms with Gasteiger partial charge in [-0.25, -0.2) is 0 Å². The summed E-state index contributed by atoms with van der Waals surface area (Å²) >= 11 is 0. The Labute approximate surface area is 192 Å². The summed E-state index contributed by atoms with van der Waals surface area (Å²) in [6.45, 7) is 2.68. The van der Waals surface area contributed by atoms with Crippen LogP contribution in [-0.4, -0.2) is 54.8 Å². The lowest BCUT2D eigenvalue weighted by Crippen LogP contribution is -2.34. The number of ether oxygens (including phenoxy) is 1. The zero-order chi connectivity index (χ0) is 23.8. The van der Waals surface area contributed by atoms with Gasteiger partial charge in [0.25, 0.3) is 17.7 Å². The van der Waals surface area contributed by atoms with Crippen LogP contribution in [0.25, 0.3) is 0 Å². The van der Waals surface area contributed by atoms with Crippen molar-refractivity contribution < 1.29 is 23.5 Å². The topological polar surface area (TPSA) is 92.1 Å². The number of anilines is 1. The van der Waals surface area contributed by atoms with Gasteiger partial charge in [-0.15, -0.1) is 0 Å². The van der Waals surface area contributed by atoms with Crippen LogP contribution in [0.5, 0.6) is 5.75 Å². The molecular formula is C25H27N3O5. The minimum atomic E-state index is -0.372. The first-order valence-electron chi connectivity index (χ1n) is 10.5. The number of rotatable bonds is 9. The van der Waals surface area contributed by atoms with Gasteiger partial charge in [0.1, 0.15) is 5.75 Å². The summed E-state index contributed by atoms with van der Waals surface area (Å²) < 4.78 is 10.7. The van der Waals surface area contributed by atoms with Gasteiger partial charge in [0.15, 0.2) is 12.4 Å². The molecule has 2 aromatic carbocycles. The quantitative estimate of drug-likeness (QED) is 0.538. The Balaban J connectivity index is 1.55. The zero-order valence-electron chi connectivity index (χ0n) is 18.9. The third-order valence-corrected chi connectivity index (χ3v) is 4.91. The smallest absolute Gasteiger partial charge is 0.291 e. The second kappa shape index (κ2) is 11.0. The van der Waals surface area contributed by atoms with Crippen LogP contribution in [-0.2, 0) is 11.3 Å². The Morgan fingerprint density at radius 1 is 1.00 bits per heavy atom. The number of carbonyl (C=O) groups excluding carboxylic acids is 3. The highest BCUT2D eigenvalue weighted by Gasteiger charge is 2.15. The van der Waals surface area contributed by atoms with E-state index in [0.717, 1.165) is 5.56 Å². The Hall–Kier alpha value is -4.07. The normalized spacial score (nSPS) is 10.4. The molecule has 3 aromatic rings. The van der Waals surface area contributed by atoms with Crippen molar-refractivity contribution in [1.82, 2.24) is 9.80 Å². The van der Waals surface area contributed by atoms with E-state index in [9.17, 15) is 14.4 Å². The number of benzene rings is 2. The summed E-state index contributed by atoms with van der Waals surface area (Å²) in [4.78, 5) is 40.0. The summed E-state index contributed by atoms with van der Waals surface area (Å²) in [5.74, 6) is 0.0537. The third-order valence-electron chi connectivity index (χ3n) is 4.91. The standard InChI is InChI=1S/C25H27N3O5/c1-4-28(16-18-10-12-19(13-11-18)25(31)27(2)3)23(29)17-33-21-8-5-7-20(15-21)26-24(30)22-9-6-14-32-22/h5-15H,4,16-17H2,1-3H3,(H,26,30). The molecule has 0 unspecified atom stereocenters. The van der Waals surface area contributed by atoms with Gasteiger partial charge in [0, 0.05) is 44.5 Å². The molecule has 1 N–H and O–H groups in total. The van der Waals surface area contributed by atoms with E-state index in [1.54, 1.807) is 67.5 Å². The Morgan fingerprint density at radius 3 is 2.39 bits per heavy atom. The maximum absolute atomic E-state index is 12.7. The number of furan rings is 1. The fraction of sp³-hybridized carbons (Fsp3) is 0.240. The first-order valence-corrected chi connectivity index (χ1v) is 10.5. The average molecular weight is 450 g/mol. The number of likely N-dealkylation sites (N-methyl/N-ethyl adjacent to an activating group) is 1. The minimum Gasteiger partial charge on any atom is -0.484 e. The second-order valence-electron chi connectivity index (χ2n) is 7.55. The summed E-state index contributed by atoms with van der Waals surface area (Å²) in [6.07, 6.45) is 1.43. The molecule has 0 spiro atoms. The highest BCUT2D eigenvalue weighted by atomic mass is 16.5. The molecule has 0 radical (unpaired) electrons. The lowest BCUT2D eigenvalue weighted by atomic mass is 10.1. The van der Waals surface area contributed by atoms with Crippen LogP contribution in [0.4, 0.5) is 5.69 Å². The Kier molecular flexibility index (Phi) is 7.86. The predicted octanol–water partition coefficient (Wildman–Crippen LogP) is 3.66. The van der Waals surface area contributed by atoms with Gasteiger partial charge < -0.3 is 24.3 Å². The van der Waals surface area contributed by atoms with Crippen LogP contribution < -0.4 is 10.1 Å². The van der Waals surface area contributed by atoms with E-state index in [2.05, 4.69) is 5.32 Å². The first kappa shape index (κ1) is 23.6. The van der Waals surface area contributed by atoms with Crippen LogP contribution in [0.2, 0.25) is 0 Å². The van der Waals surface area contributed by atoms with E-state index in [1.807, 2.05) is 19.1 Å². The lowest BCUT2D eigenvalue weighted by Gasteiger charge is -2.21. The second-order valence-corrected chi connectivity index (χ2v) is 7.55. The Bertz CT molecular complexity index is 1090. The molecule has 1 heterocycles. The zero-order valence-corrected chi connectivity index (χ0v) is 18.9. The lowest BCUT2D eigenvalue weighted by molar-refractivity contribution is -0.133. The van der Waals surface area contributed by atoms with E-state index >= 15 is 0 Å². The molecule has 172 valence electrons. The van der Waals surface area contributed by atoms with Crippen molar-refractivity contribution in [3.63, 3.8) is 0 Å². The minimum absolute atomic E-state index is 0.0686. The average Bonchev–Trinajstić information content (AvgIpc) is 3.36. The van der Waals surface area contributed by atoms with Gasteiger partial charge in [-0.05, 0) is 48.9 Å². The molecule has 0 atom stereocenters. The monoisotopic (exact) mass is 449 g/mol. The highest BCUT2D eigenvalue weighted by Crippen LogP contribution is 2.19. The SMILES string of the molecule is CCN(Cc1ccc(C(=O)N(C)C)cc1)C(=O)COc1cccc(NC(=O)c2ccco2)c1. The molecule has 0 saturated heterocycles. The van der Waals surface area contributed by atoms with Crippen LogP contribution in [0, 0.1) is 0 Å². The van der Waals surface area contributed by atoms with Gasteiger partial charge in [-0.3, -0.25) is 14.4 Å². The van der Waals surface area contributed by atoms with Crippen LogP contribution in [0.3, 0.4) is 0 Å². The van der Waals surface area contributed by atoms with Crippen LogP contribution in [0.15, 0.2) is 71.3 Å². The molecule has 8 heteroatoms. The van der Waals surface area contributed by atoms with Gasteiger partial charge in [0.2, 0.25) is 0 Å². The number of amides is 3. The number of nitrogens with zero attached hydrogens (tertiary/aromatic N) is 2. The van der Waals surface area contributed by atoms with Gasteiger partial charge in [-0.2, -0.15) is 0 Å². The number of hydrogen-bond acceptors (Lipinski definition) is 5. The molecular weight excluding hydrogens is 422 g/mol. The van der Waals surface area contributed by atoms with E-state index < -0.39 is 0 Å². The highest BCUT2D eigenvalue weighted by molar-refractivity contribution is 6.02. The van der Waals surface area contributed by atoms with Gasteiger partial charge in [0.05, 0.1) is 6.26 Å². The fourth-order valence-corrected chi connectivity index (χ4v) is 3.11. The van der Waals surface area contributed by atoms with Crippen LogP contribution >= 0.6 is 0 Å². The van der Waals surface area contributed by atoms with Crippen LogP contribution in [0.1, 0.15) is 33.4 Å². The van der Waals surface area contributed by atoms with E-state index in [-0.39, 0.29) is 30.1 Å². The molecule has 0 aliphatic rings. The summed E-state index contributed by atoms with van der Waals surface area (Å²) in [6, 6.07) is 17.2. The maximum atomic E-state index is 12.7. The molecule has 0 aliphatic heterocycles. The van der Waals surface area contributed by atoms with Crippen molar-refractivity contribution in [2.75, 3.05) is 32.6 Å². The first-order chi connectivity index (χ1) is 15.9. The van der Waals surface area contributed by atoms with E-state index in [0.29, 0.717) is 30.1 Å². The van der Waals surface area contributed by atoms with Crippen molar-refractivity contribution >= 4 is 23.4 Å². The maximum Gasteiger partial charge on any atom is 0.291 e. The summed E-state index contributed by atoms with van der Waals surface area (Å²) in [5.41, 5.74) is 2.05. The largest absolute Gasteiger partial charge is 0.484 e. The molecule has 3 rings (SSSR count). The van der Waals surface area contributed by atoms with Crippen molar-refractivity contribution in [3.8, 4) is 5.75 Å². The summed E-state index contributed by atoms with van der Waals surface area (Å²) in [7, 11) is 3.41.